The normalized spacial score (nSPS) is 16.2. The number of amides is 1. The maximum atomic E-state index is 12.2. The van der Waals surface area contributed by atoms with Crippen LogP contribution in [0.2, 0.25) is 0 Å². The third-order valence-corrected chi connectivity index (χ3v) is 4.47. The van der Waals surface area contributed by atoms with E-state index in [1.165, 1.54) is 6.42 Å². The standard InChI is InChI=1S/C19H23N3O3/c1-13(18(23)20-15-10-6-3-7-11-15)25-19(24)17-12-16(21-22-17)14-8-4-2-5-9-14/h2,4-5,8-9,12-13,15H,3,6-7,10-11H2,1H3,(H,20,23)(H,21,22)/t13-/m0/s1. The number of hydrogen-bond acceptors (Lipinski definition) is 4. The second kappa shape index (κ2) is 7.96. The number of esters is 1. The van der Waals surface area contributed by atoms with Crippen LogP contribution in [0, 0.1) is 0 Å². The molecule has 1 aliphatic carbocycles. The molecule has 1 aliphatic rings. The summed E-state index contributed by atoms with van der Waals surface area (Å²) in [5.74, 6) is -0.830. The van der Waals surface area contributed by atoms with Gasteiger partial charge in [-0.15, -0.1) is 0 Å². The number of carbonyl (C=O) groups excluding carboxylic acids is 2. The van der Waals surface area contributed by atoms with Crippen molar-refractivity contribution in [3.63, 3.8) is 0 Å². The SMILES string of the molecule is C[C@H](OC(=O)c1cc(-c2ccccc2)n[nH]1)C(=O)NC1CCCCC1. The molecule has 1 atom stereocenters. The molecule has 0 saturated heterocycles. The van der Waals surface area contributed by atoms with E-state index in [1.807, 2.05) is 30.3 Å². The molecule has 3 rings (SSSR count). The molecule has 2 aromatic rings. The largest absolute Gasteiger partial charge is 0.448 e. The average Bonchev–Trinajstić information content (AvgIpc) is 3.13. The zero-order chi connectivity index (χ0) is 17.6. The van der Waals surface area contributed by atoms with E-state index < -0.39 is 12.1 Å². The summed E-state index contributed by atoms with van der Waals surface area (Å²) in [5, 5.41) is 9.76. The van der Waals surface area contributed by atoms with E-state index in [1.54, 1.807) is 13.0 Å². The van der Waals surface area contributed by atoms with Crippen LogP contribution in [-0.2, 0) is 9.53 Å². The van der Waals surface area contributed by atoms with E-state index in [9.17, 15) is 9.59 Å². The number of nitrogens with one attached hydrogen (secondary N) is 2. The van der Waals surface area contributed by atoms with Gasteiger partial charge < -0.3 is 10.1 Å². The summed E-state index contributed by atoms with van der Waals surface area (Å²) >= 11 is 0. The average molecular weight is 341 g/mol. The van der Waals surface area contributed by atoms with E-state index in [0.29, 0.717) is 5.69 Å². The minimum absolute atomic E-state index is 0.194. The van der Waals surface area contributed by atoms with E-state index in [-0.39, 0.29) is 17.6 Å². The van der Waals surface area contributed by atoms with Crippen LogP contribution in [0.4, 0.5) is 0 Å². The molecule has 6 nitrogen and oxygen atoms in total. The molecule has 0 unspecified atom stereocenters. The lowest BCUT2D eigenvalue weighted by atomic mass is 9.95. The number of benzene rings is 1. The highest BCUT2D eigenvalue weighted by atomic mass is 16.5. The van der Waals surface area contributed by atoms with Crippen molar-refractivity contribution in [1.29, 1.82) is 0 Å². The molecular formula is C19H23N3O3. The molecule has 1 fully saturated rings. The van der Waals surface area contributed by atoms with Crippen LogP contribution in [0.3, 0.4) is 0 Å². The van der Waals surface area contributed by atoms with Gasteiger partial charge in [-0.3, -0.25) is 9.89 Å². The predicted octanol–water partition coefficient (Wildman–Crippen LogP) is 3.07. The summed E-state index contributed by atoms with van der Waals surface area (Å²) in [6.07, 6.45) is 4.64. The molecule has 25 heavy (non-hydrogen) atoms. The predicted molar refractivity (Wildman–Crippen MR) is 93.9 cm³/mol. The Kier molecular flexibility index (Phi) is 5.48. The molecule has 0 radical (unpaired) electrons. The highest BCUT2D eigenvalue weighted by molar-refractivity contribution is 5.91. The molecule has 1 amide bonds. The van der Waals surface area contributed by atoms with Crippen molar-refractivity contribution >= 4 is 11.9 Å². The van der Waals surface area contributed by atoms with Gasteiger partial charge in [0.1, 0.15) is 5.69 Å². The second-order valence-corrected chi connectivity index (χ2v) is 6.42. The third-order valence-electron chi connectivity index (χ3n) is 4.47. The maximum Gasteiger partial charge on any atom is 0.357 e. The van der Waals surface area contributed by atoms with Crippen molar-refractivity contribution < 1.29 is 14.3 Å². The summed E-state index contributed by atoms with van der Waals surface area (Å²) in [4.78, 5) is 24.4. The van der Waals surface area contributed by atoms with E-state index >= 15 is 0 Å². The first-order valence-corrected chi connectivity index (χ1v) is 8.75. The van der Waals surface area contributed by atoms with Gasteiger partial charge in [-0.2, -0.15) is 5.10 Å². The third kappa shape index (κ3) is 4.47. The summed E-state index contributed by atoms with van der Waals surface area (Å²) in [5.41, 5.74) is 1.80. The fourth-order valence-corrected chi connectivity index (χ4v) is 3.03. The lowest BCUT2D eigenvalue weighted by molar-refractivity contribution is -0.130. The van der Waals surface area contributed by atoms with Crippen LogP contribution >= 0.6 is 0 Å². The van der Waals surface area contributed by atoms with Crippen LogP contribution < -0.4 is 5.32 Å². The van der Waals surface area contributed by atoms with Gasteiger partial charge in [-0.1, -0.05) is 49.6 Å². The van der Waals surface area contributed by atoms with Crippen LogP contribution in [0.5, 0.6) is 0 Å². The van der Waals surface area contributed by atoms with Crippen molar-refractivity contribution in [2.45, 2.75) is 51.2 Å². The number of aromatic nitrogens is 2. The number of ether oxygens (including phenoxy) is 1. The Morgan fingerprint density at radius 2 is 1.92 bits per heavy atom. The number of carbonyl (C=O) groups is 2. The number of aromatic amines is 1. The molecule has 1 saturated carbocycles. The minimum Gasteiger partial charge on any atom is -0.448 e. The summed E-state index contributed by atoms with van der Waals surface area (Å²) in [6.45, 7) is 1.59. The molecule has 0 bridgehead atoms. The van der Waals surface area contributed by atoms with Crippen LogP contribution in [-0.4, -0.2) is 34.2 Å². The van der Waals surface area contributed by atoms with E-state index in [2.05, 4.69) is 15.5 Å². The van der Waals surface area contributed by atoms with Crippen molar-refractivity contribution in [2.24, 2.45) is 0 Å². The van der Waals surface area contributed by atoms with Gasteiger partial charge in [0, 0.05) is 11.6 Å². The first kappa shape index (κ1) is 17.2. The number of rotatable bonds is 5. The molecule has 6 heteroatoms. The minimum atomic E-state index is -0.835. The van der Waals surface area contributed by atoms with Gasteiger partial charge in [0.25, 0.3) is 5.91 Å². The molecule has 1 aromatic heterocycles. The van der Waals surface area contributed by atoms with Gasteiger partial charge in [0.2, 0.25) is 0 Å². The maximum absolute atomic E-state index is 12.2. The fraction of sp³-hybridized carbons (Fsp3) is 0.421. The molecule has 1 heterocycles. The molecule has 0 spiro atoms. The number of hydrogen-bond donors (Lipinski definition) is 2. The monoisotopic (exact) mass is 341 g/mol. The van der Waals surface area contributed by atoms with Gasteiger partial charge in [-0.25, -0.2) is 4.79 Å². The Hall–Kier alpha value is -2.63. The molecular weight excluding hydrogens is 318 g/mol. The van der Waals surface area contributed by atoms with E-state index in [4.69, 9.17) is 4.74 Å². The van der Waals surface area contributed by atoms with Gasteiger partial charge >= 0.3 is 5.97 Å². The van der Waals surface area contributed by atoms with Crippen molar-refractivity contribution in [3.8, 4) is 11.3 Å². The molecule has 2 N–H and O–H groups in total. The smallest absolute Gasteiger partial charge is 0.357 e. The van der Waals surface area contributed by atoms with Crippen molar-refractivity contribution in [2.75, 3.05) is 0 Å². The molecule has 1 aromatic carbocycles. The first-order valence-electron chi connectivity index (χ1n) is 8.75. The van der Waals surface area contributed by atoms with Crippen molar-refractivity contribution in [3.05, 3.63) is 42.1 Å². The highest BCUT2D eigenvalue weighted by Gasteiger charge is 2.23. The van der Waals surface area contributed by atoms with Gasteiger partial charge in [-0.05, 0) is 25.8 Å². The van der Waals surface area contributed by atoms with Crippen LogP contribution in [0.15, 0.2) is 36.4 Å². The molecule has 0 aliphatic heterocycles. The zero-order valence-electron chi connectivity index (χ0n) is 14.3. The lowest BCUT2D eigenvalue weighted by Crippen LogP contribution is -2.42. The van der Waals surface area contributed by atoms with Gasteiger partial charge in [0.05, 0.1) is 5.69 Å². The lowest BCUT2D eigenvalue weighted by Gasteiger charge is -2.24. The zero-order valence-corrected chi connectivity index (χ0v) is 14.3. The van der Waals surface area contributed by atoms with Crippen LogP contribution in [0.1, 0.15) is 49.5 Å². The molecule has 132 valence electrons. The topological polar surface area (TPSA) is 84.1 Å². The Bertz CT molecular complexity index is 721. The Balaban J connectivity index is 1.56. The second-order valence-electron chi connectivity index (χ2n) is 6.42. The Labute approximate surface area is 147 Å². The van der Waals surface area contributed by atoms with Crippen molar-refractivity contribution in [1.82, 2.24) is 15.5 Å². The Morgan fingerprint density at radius 1 is 1.20 bits per heavy atom. The summed E-state index contributed by atoms with van der Waals surface area (Å²) in [7, 11) is 0. The van der Waals surface area contributed by atoms with E-state index in [0.717, 1.165) is 31.2 Å². The number of nitrogens with zero attached hydrogens (tertiary/aromatic N) is 1. The quantitative estimate of drug-likeness (QED) is 0.819. The van der Waals surface area contributed by atoms with Gasteiger partial charge in [0.15, 0.2) is 6.10 Å². The fourth-order valence-electron chi connectivity index (χ4n) is 3.03. The van der Waals surface area contributed by atoms with Crippen LogP contribution in [0.25, 0.3) is 11.3 Å². The first-order chi connectivity index (χ1) is 12.1. The highest BCUT2D eigenvalue weighted by Crippen LogP contribution is 2.19. The summed E-state index contributed by atoms with van der Waals surface area (Å²) < 4.78 is 5.27. The number of H-pyrrole nitrogens is 1. The Morgan fingerprint density at radius 3 is 2.64 bits per heavy atom. The summed E-state index contributed by atoms with van der Waals surface area (Å²) in [6, 6.07) is 11.4.